The Morgan fingerprint density at radius 2 is 1.82 bits per heavy atom. The Kier molecular flexibility index (Phi) is 6.97. The van der Waals surface area contributed by atoms with Gasteiger partial charge in [-0.15, -0.1) is 0 Å². The molecule has 0 spiro atoms. The van der Waals surface area contributed by atoms with Gasteiger partial charge in [0.05, 0.1) is 34.8 Å². The molecule has 0 atom stereocenters. The number of nitrogens with two attached hydrogens (primary N) is 1. The predicted octanol–water partition coefficient (Wildman–Crippen LogP) is 5.37. The maximum Gasteiger partial charge on any atom is 0.228 e. The van der Waals surface area contributed by atoms with Crippen molar-refractivity contribution in [2.75, 3.05) is 5.32 Å². The normalized spacial score (nSPS) is 12.0. The number of pyridine rings is 1. The third-order valence-electron chi connectivity index (χ3n) is 6.51. The molecule has 4 aromatic rings. The van der Waals surface area contributed by atoms with Gasteiger partial charge in [0, 0.05) is 23.8 Å². The highest BCUT2D eigenvalue weighted by molar-refractivity contribution is 5.92. The van der Waals surface area contributed by atoms with E-state index in [9.17, 15) is 9.59 Å². The largest absolute Gasteiger partial charge is 0.456 e. The quantitative estimate of drug-likeness (QED) is 0.342. The van der Waals surface area contributed by atoms with E-state index in [1.165, 1.54) is 6.07 Å². The van der Waals surface area contributed by atoms with Crippen molar-refractivity contribution in [1.29, 1.82) is 0 Å². The molecule has 0 aliphatic carbocycles. The zero-order valence-corrected chi connectivity index (χ0v) is 22.4. The summed E-state index contributed by atoms with van der Waals surface area (Å²) in [6.45, 7) is 11.3. The van der Waals surface area contributed by atoms with Gasteiger partial charge in [-0.25, -0.2) is 4.39 Å². The topological polar surface area (TPSA) is 112 Å². The SMILES string of the molecule is Cc1cc(CC(=O)Nc2cnn(C(C)(C)C)c2)c(F)cc1Oc1ccnc2ccc(C(C)(C)C(N)=O)cc12. The van der Waals surface area contributed by atoms with E-state index in [0.717, 1.165) is 0 Å². The van der Waals surface area contributed by atoms with Crippen molar-refractivity contribution in [3.8, 4) is 11.5 Å². The highest BCUT2D eigenvalue weighted by Gasteiger charge is 2.28. The van der Waals surface area contributed by atoms with Gasteiger partial charge in [0.2, 0.25) is 11.8 Å². The maximum absolute atomic E-state index is 15.1. The molecule has 0 saturated carbocycles. The first kappa shape index (κ1) is 26.8. The minimum absolute atomic E-state index is 0.141. The second-order valence-electron chi connectivity index (χ2n) is 10.9. The Morgan fingerprint density at radius 3 is 2.47 bits per heavy atom. The number of aryl methyl sites for hydroxylation is 1. The first-order chi connectivity index (χ1) is 17.8. The van der Waals surface area contributed by atoms with Crippen molar-refractivity contribution in [2.24, 2.45) is 5.73 Å². The number of carbonyl (C=O) groups is 2. The fraction of sp³-hybridized carbons (Fsp3) is 0.310. The number of hydrogen-bond acceptors (Lipinski definition) is 5. The number of carbonyl (C=O) groups excluding carboxylic acids is 2. The maximum atomic E-state index is 15.1. The van der Waals surface area contributed by atoms with Crippen LogP contribution in [-0.4, -0.2) is 26.6 Å². The molecule has 0 fully saturated rings. The van der Waals surface area contributed by atoms with Gasteiger partial charge < -0.3 is 15.8 Å². The molecule has 3 N–H and O–H groups in total. The highest BCUT2D eigenvalue weighted by atomic mass is 19.1. The summed E-state index contributed by atoms with van der Waals surface area (Å²) in [5.41, 5.74) is 7.31. The molecule has 9 heteroatoms. The van der Waals surface area contributed by atoms with Gasteiger partial charge in [0.15, 0.2) is 0 Å². The number of rotatable bonds is 7. The van der Waals surface area contributed by atoms with E-state index < -0.39 is 17.1 Å². The number of anilines is 1. The number of primary amides is 1. The van der Waals surface area contributed by atoms with E-state index in [4.69, 9.17) is 10.5 Å². The molecular formula is C29H32FN5O3. The number of nitrogens with one attached hydrogen (secondary N) is 1. The van der Waals surface area contributed by atoms with Crippen molar-refractivity contribution in [1.82, 2.24) is 14.8 Å². The summed E-state index contributed by atoms with van der Waals surface area (Å²) in [4.78, 5) is 28.9. The van der Waals surface area contributed by atoms with Gasteiger partial charge in [-0.1, -0.05) is 6.07 Å². The second-order valence-corrected chi connectivity index (χ2v) is 10.9. The molecule has 0 bridgehead atoms. The van der Waals surface area contributed by atoms with Crippen LogP contribution in [0.3, 0.4) is 0 Å². The summed E-state index contributed by atoms with van der Waals surface area (Å²) in [6, 6.07) is 9.98. The Balaban J connectivity index is 1.56. The molecule has 2 aromatic carbocycles. The van der Waals surface area contributed by atoms with Gasteiger partial charge in [-0.3, -0.25) is 19.3 Å². The number of ether oxygens (including phenoxy) is 1. The molecular weight excluding hydrogens is 485 g/mol. The highest BCUT2D eigenvalue weighted by Crippen LogP contribution is 2.34. The van der Waals surface area contributed by atoms with Crippen LogP contribution in [0.25, 0.3) is 10.9 Å². The van der Waals surface area contributed by atoms with Gasteiger partial charge in [0.1, 0.15) is 17.3 Å². The summed E-state index contributed by atoms with van der Waals surface area (Å²) >= 11 is 0. The Bertz CT molecular complexity index is 1540. The first-order valence-electron chi connectivity index (χ1n) is 12.3. The van der Waals surface area contributed by atoms with Crippen LogP contribution in [0.5, 0.6) is 11.5 Å². The molecule has 0 unspecified atom stereocenters. The number of halogens is 1. The van der Waals surface area contributed by atoms with Crippen molar-refractivity contribution in [3.05, 3.63) is 77.5 Å². The summed E-state index contributed by atoms with van der Waals surface area (Å²) in [5.74, 6) is -0.592. The number of amides is 2. The molecule has 0 aliphatic rings. The summed E-state index contributed by atoms with van der Waals surface area (Å²) < 4.78 is 22.9. The second kappa shape index (κ2) is 9.89. The number of aromatic nitrogens is 3. The lowest BCUT2D eigenvalue weighted by atomic mass is 9.83. The van der Waals surface area contributed by atoms with Crippen molar-refractivity contribution < 1.29 is 18.7 Å². The minimum atomic E-state index is -0.892. The van der Waals surface area contributed by atoms with Crippen LogP contribution in [0.2, 0.25) is 0 Å². The van der Waals surface area contributed by atoms with E-state index >= 15 is 4.39 Å². The smallest absolute Gasteiger partial charge is 0.228 e. The van der Waals surface area contributed by atoms with Gasteiger partial charge in [0.25, 0.3) is 0 Å². The average molecular weight is 518 g/mol. The van der Waals surface area contributed by atoms with E-state index in [-0.39, 0.29) is 23.4 Å². The summed E-state index contributed by atoms with van der Waals surface area (Å²) in [5, 5.41) is 7.70. The first-order valence-corrected chi connectivity index (χ1v) is 12.3. The van der Waals surface area contributed by atoms with E-state index in [1.54, 1.807) is 62.2 Å². The van der Waals surface area contributed by atoms with Gasteiger partial charge in [-0.05, 0) is 82.5 Å². The summed E-state index contributed by atoms with van der Waals surface area (Å²) in [6.07, 6.45) is 4.77. The fourth-order valence-electron chi connectivity index (χ4n) is 3.96. The lowest BCUT2D eigenvalue weighted by molar-refractivity contribution is -0.122. The monoisotopic (exact) mass is 517 g/mol. The molecule has 2 amide bonds. The van der Waals surface area contributed by atoms with E-state index in [1.807, 2.05) is 32.9 Å². The van der Waals surface area contributed by atoms with Crippen LogP contribution in [0.1, 0.15) is 51.3 Å². The lowest BCUT2D eigenvalue weighted by Gasteiger charge is -2.21. The van der Waals surface area contributed by atoms with E-state index in [0.29, 0.717) is 39.2 Å². The van der Waals surface area contributed by atoms with Gasteiger partial charge in [-0.2, -0.15) is 5.10 Å². The molecule has 2 aromatic heterocycles. The van der Waals surface area contributed by atoms with Crippen molar-refractivity contribution in [2.45, 2.75) is 58.9 Å². The zero-order chi connectivity index (χ0) is 27.8. The Morgan fingerprint density at radius 1 is 1.08 bits per heavy atom. The summed E-state index contributed by atoms with van der Waals surface area (Å²) in [7, 11) is 0. The molecule has 0 aliphatic heterocycles. The molecule has 4 rings (SSSR count). The molecule has 198 valence electrons. The minimum Gasteiger partial charge on any atom is -0.456 e. The standard InChI is InChI=1S/C29H32FN5O3/c1-17-11-18(12-26(36)34-20-15-33-35(16-20)28(2,3)4)22(30)14-25(17)38-24-9-10-32-23-8-7-19(13-21(23)24)29(5,6)27(31)37/h7-11,13-16H,12H2,1-6H3,(H2,31,37)(H,34,36). The van der Waals surface area contributed by atoms with Crippen molar-refractivity contribution in [3.63, 3.8) is 0 Å². The number of hydrogen-bond donors (Lipinski definition) is 2. The third-order valence-corrected chi connectivity index (χ3v) is 6.51. The molecule has 0 radical (unpaired) electrons. The van der Waals surface area contributed by atoms with E-state index in [2.05, 4.69) is 15.4 Å². The zero-order valence-electron chi connectivity index (χ0n) is 22.4. The Hall–Kier alpha value is -4.27. The van der Waals surface area contributed by atoms with Crippen LogP contribution >= 0.6 is 0 Å². The van der Waals surface area contributed by atoms with Crippen LogP contribution in [0.15, 0.2) is 55.0 Å². The van der Waals surface area contributed by atoms with Crippen molar-refractivity contribution >= 4 is 28.4 Å². The number of benzene rings is 2. The van der Waals surface area contributed by atoms with Crippen LogP contribution < -0.4 is 15.8 Å². The van der Waals surface area contributed by atoms with Crippen LogP contribution in [0, 0.1) is 12.7 Å². The number of fused-ring (bicyclic) bond motifs is 1. The Labute approximate surface area is 221 Å². The third kappa shape index (κ3) is 5.51. The average Bonchev–Trinajstić information content (AvgIpc) is 3.31. The molecule has 38 heavy (non-hydrogen) atoms. The van der Waals surface area contributed by atoms with Crippen LogP contribution in [0.4, 0.5) is 10.1 Å². The fourth-order valence-corrected chi connectivity index (χ4v) is 3.96. The molecule has 2 heterocycles. The van der Waals surface area contributed by atoms with Gasteiger partial charge >= 0.3 is 0 Å². The molecule has 0 saturated heterocycles. The number of nitrogens with zero attached hydrogens (tertiary/aromatic N) is 3. The predicted molar refractivity (Wildman–Crippen MR) is 145 cm³/mol. The lowest BCUT2D eigenvalue weighted by Crippen LogP contribution is -2.35. The molecule has 8 nitrogen and oxygen atoms in total. The van der Waals surface area contributed by atoms with Crippen LogP contribution in [-0.2, 0) is 27.0 Å².